The molecule has 1 unspecified atom stereocenters. The molecule has 0 aliphatic carbocycles. The maximum atomic E-state index is 13.0. The lowest BCUT2D eigenvalue weighted by Crippen LogP contribution is -2.39. The van der Waals surface area contributed by atoms with Crippen molar-refractivity contribution in [1.29, 1.82) is 0 Å². The number of aromatic nitrogens is 2. The zero-order valence-electron chi connectivity index (χ0n) is 16.6. The topological polar surface area (TPSA) is 89.3 Å². The van der Waals surface area contributed by atoms with Crippen LogP contribution in [0.1, 0.15) is 6.42 Å². The molecule has 7 nitrogen and oxygen atoms in total. The van der Waals surface area contributed by atoms with Crippen LogP contribution in [0.15, 0.2) is 45.7 Å². The van der Waals surface area contributed by atoms with Gasteiger partial charge in [-0.05, 0) is 12.0 Å². The second-order valence-corrected chi connectivity index (χ2v) is 11.3. The predicted octanol–water partition coefficient (Wildman–Crippen LogP) is 2.40. The van der Waals surface area contributed by atoms with Gasteiger partial charge in [-0.25, -0.2) is 13.4 Å². The molecule has 0 radical (unpaired) electrons. The molecule has 1 aliphatic rings. The fourth-order valence-corrected chi connectivity index (χ4v) is 7.18. The van der Waals surface area contributed by atoms with Gasteiger partial charge in [0.15, 0.2) is 15.0 Å². The van der Waals surface area contributed by atoms with Crippen LogP contribution in [0, 0.1) is 0 Å². The van der Waals surface area contributed by atoms with Crippen LogP contribution in [-0.2, 0) is 21.7 Å². The van der Waals surface area contributed by atoms with E-state index < -0.39 is 9.84 Å². The van der Waals surface area contributed by atoms with Gasteiger partial charge in [0.1, 0.15) is 4.83 Å². The van der Waals surface area contributed by atoms with Crippen LogP contribution in [0.5, 0.6) is 0 Å². The van der Waals surface area contributed by atoms with Gasteiger partial charge in [-0.1, -0.05) is 42.1 Å². The normalized spacial score (nSPS) is 18.0. The molecular formula is C20H21N3O4S3. The second kappa shape index (κ2) is 8.16. The van der Waals surface area contributed by atoms with Crippen molar-refractivity contribution in [2.24, 2.45) is 7.05 Å². The summed E-state index contributed by atoms with van der Waals surface area (Å²) in [5, 5.41) is 2.98. The number of carbonyl (C=O) groups excluding carboxylic acids is 1. The number of hydrogen-bond donors (Lipinski definition) is 0. The van der Waals surface area contributed by atoms with Crippen molar-refractivity contribution in [3.8, 4) is 11.1 Å². The Labute approximate surface area is 182 Å². The van der Waals surface area contributed by atoms with Gasteiger partial charge in [-0.15, -0.1) is 11.3 Å². The summed E-state index contributed by atoms with van der Waals surface area (Å²) < 4.78 is 24.8. The molecule has 1 aliphatic heterocycles. The van der Waals surface area contributed by atoms with E-state index in [9.17, 15) is 18.0 Å². The molecular weight excluding hydrogens is 442 g/mol. The third kappa shape index (κ3) is 4.03. The van der Waals surface area contributed by atoms with E-state index in [4.69, 9.17) is 0 Å². The molecule has 0 spiro atoms. The number of fused-ring (bicyclic) bond motifs is 1. The van der Waals surface area contributed by atoms with E-state index in [1.807, 2.05) is 35.7 Å². The molecule has 0 bridgehead atoms. The molecule has 10 heteroatoms. The molecule has 1 amide bonds. The molecule has 3 heterocycles. The first-order valence-electron chi connectivity index (χ1n) is 9.39. The van der Waals surface area contributed by atoms with Crippen molar-refractivity contribution in [3.63, 3.8) is 0 Å². The van der Waals surface area contributed by atoms with E-state index in [1.54, 1.807) is 14.1 Å². The van der Waals surface area contributed by atoms with Gasteiger partial charge < -0.3 is 4.90 Å². The Morgan fingerprint density at radius 3 is 2.73 bits per heavy atom. The van der Waals surface area contributed by atoms with Crippen LogP contribution in [0.2, 0.25) is 0 Å². The van der Waals surface area contributed by atoms with Crippen molar-refractivity contribution in [2.75, 3.05) is 24.3 Å². The summed E-state index contributed by atoms with van der Waals surface area (Å²) in [6, 6.07) is 9.42. The van der Waals surface area contributed by atoms with Gasteiger partial charge in [0, 0.05) is 31.1 Å². The van der Waals surface area contributed by atoms with Crippen molar-refractivity contribution < 1.29 is 13.2 Å². The summed E-state index contributed by atoms with van der Waals surface area (Å²) in [6.45, 7) is 0. The Kier molecular flexibility index (Phi) is 5.73. The quantitative estimate of drug-likeness (QED) is 0.426. The number of nitrogens with zero attached hydrogens (tertiary/aromatic N) is 3. The predicted molar refractivity (Wildman–Crippen MR) is 121 cm³/mol. The highest BCUT2D eigenvalue weighted by Gasteiger charge is 2.32. The Morgan fingerprint density at radius 1 is 1.33 bits per heavy atom. The van der Waals surface area contributed by atoms with Crippen LogP contribution >= 0.6 is 23.1 Å². The van der Waals surface area contributed by atoms with Crippen molar-refractivity contribution in [2.45, 2.75) is 17.6 Å². The Hall–Kier alpha value is -2.17. The SMILES string of the molecule is CN(C(=O)CSc1nc2scc(-c3ccccc3)c2c(=O)n1C)C1CCS(=O)(=O)C1. The number of sulfone groups is 1. The second-order valence-electron chi connectivity index (χ2n) is 7.30. The Balaban J connectivity index is 1.55. The molecule has 158 valence electrons. The van der Waals surface area contributed by atoms with Crippen LogP contribution in [0.3, 0.4) is 0 Å². The molecule has 4 rings (SSSR count). The van der Waals surface area contributed by atoms with Gasteiger partial charge in [0.2, 0.25) is 5.91 Å². The molecule has 0 saturated carbocycles. The molecule has 0 N–H and O–H groups in total. The Bertz CT molecular complexity index is 1270. The fourth-order valence-electron chi connectivity index (χ4n) is 3.52. The molecule has 1 fully saturated rings. The van der Waals surface area contributed by atoms with Crippen molar-refractivity contribution in [1.82, 2.24) is 14.5 Å². The number of thioether (sulfide) groups is 1. The van der Waals surface area contributed by atoms with Crippen LogP contribution in [0.4, 0.5) is 0 Å². The first-order chi connectivity index (χ1) is 14.3. The lowest BCUT2D eigenvalue weighted by Gasteiger charge is -2.23. The summed E-state index contributed by atoms with van der Waals surface area (Å²) in [6.07, 6.45) is 0.468. The number of rotatable bonds is 5. The lowest BCUT2D eigenvalue weighted by molar-refractivity contribution is -0.128. The summed E-state index contributed by atoms with van der Waals surface area (Å²) in [4.78, 5) is 32.3. The van der Waals surface area contributed by atoms with Crippen LogP contribution in [0.25, 0.3) is 21.3 Å². The highest BCUT2D eigenvalue weighted by molar-refractivity contribution is 7.99. The number of thiophene rings is 1. The fraction of sp³-hybridized carbons (Fsp3) is 0.350. The van der Waals surface area contributed by atoms with Crippen LogP contribution in [-0.4, -0.2) is 59.1 Å². The molecule has 1 saturated heterocycles. The first-order valence-corrected chi connectivity index (χ1v) is 13.1. The highest BCUT2D eigenvalue weighted by Crippen LogP contribution is 2.32. The van der Waals surface area contributed by atoms with E-state index in [0.717, 1.165) is 11.1 Å². The van der Waals surface area contributed by atoms with E-state index >= 15 is 0 Å². The van der Waals surface area contributed by atoms with Crippen molar-refractivity contribution in [3.05, 3.63) is 46.1 Å². The summed E-state index contributed by atoms with van der Waals surface area (Å²) in [5.41, 5.74) is 1.68. The van der Waals surface area contributed by atoms with Gasteiger partial charge in [-0.3, -0.25) is 14.2 Å². The molecule has 30 heavy (non-hydrogen) atoms. The summed E-state index contributed by atoms with van der Waals surface area (Å²) >= 11 is 2.60. The van der Waals surface area contributed by atoms with E-state index in [2.05, 4.69) is 4.98 Å². The monoisotopic (exact) mass is 463 g/mol. The van der Waals surface area contributed by atoms with E-state index in [1.165, 1.54) is 32.6 Å². The minimum Gasteiger partial charge on any atom is -0.341 e. The molecule has 1 aromatic carbocycles. The van der Waals surface area contributed by atoms with Gasteiger partial charge in [0.05, 0.1) is 22.6 Å². The summed E-state index contributed by atoms with van der Waals surface area (Å²) in [7, 11) is 0.233. The standard InChI is InChI=1S/C20H21N3O4S3/c1-22(14-8-9-30(26,27)12-14)16(24)11-29-20-21-18-17(19(25)23(20)2)15(10-28-18)13-6-4-3-5-7-13/h3-7,10,14H,8-9,11-12H2,1-2H3. The van der Waals surface area contributed by atoms with Gasteiger partial charge in [-0.2, -0.15) is 0 Å². The minimum atomic E-state index is -3.06. The number of benzene rings is 1. The smallest absolute Gasteiger partial charge is 0.263 e. The number of hydrogen-bond acceptors (Lipinski definition) is 7. The highest BCUT2D eigenvalue weighted by atomic mass is 32.2. The molecule has 1 atom stereocenters. The molecule has 2 aromatic heterocycles. The number of amides is 1. The lowest BCUT2D eigenvalue weighted by atomic mass is 10.1. The van der Waals surface area contributed by atoms with E-state index in [-0.39, 0.29) is 34.8 Å². The average molecular weight is 464 g/mol. The van der Waals surface area contributed by atoms with Gasteiger partial charge in [0.25, 0.3) is 5.56 Å². The third-order valence-electron chi connectivity index (χ3n) is 5.33. The third-order valence-corrected chi connectivity index (χ3v) is 8.97. The number of carbonyl (C=O) groups is 1. The first kappa shape index (κ1) is 21.1. The zero-order valence-corrected chi connectivity index (χ0v) is 19.0. The Morgan fingerprint density at radius 2 is 2.07 bits per heavy atom. The largest absolute Gasteiger partial charge is 0.341 e. The maximum Gasteiger partial charge on any atom is 0.263 e. The summed E-state index contributed by atoms with van der Waals surface area (Å²) in [5.74, 6) is 0.0557. The minimum absolute atomic E-state index is 0.0139. The van der Waals surface area contributed by atoms with Gasteiger partial charge >= 0.3 is 0 Å². The molecule has 3 aromatic rings. The van der Waals surface area contributed by atoms with E-state index in [0.29, 0.717) is 21.8 Å². The van der Waals surface area contributed by atoms with Crippen molar-refractivity contribution >= 4 is 49.1 Å². The van der Waals surface area contributed by atoms with Crippen LogP contribution < -0.4 is 5.56 Å². The maximum absolute atomic E-state index is 13.0. The average Bonchev–Trinajstić information content (AvgIpc) is 3.32. The zero-order chi connectivity index (χ0) is 21.5.